The summed E-state index contributed by atoms with van der Waals surface area (Å²) in [5.41, 5.74) is 3.18. The number of nitrogens with one attached hydrogen (secondary N) is 3. The molecule has 394 valence electrons. The highest BCUT2D eigenvalue weighted by Crippen LogP contribution is 2.65. The molecule has 4 N–H and O–H groups in total. The molecule has 0 radical (unpaired) electrons. The number of urea groups is 1. The Bertz CT molecular complexity index is 2890. The van der Waals surface area contributed by atoms with E-state index in [4.69, 9.17) is 37.9 Å². The van der Waals surface area contributed by atoms with Crippen LogP contribution in [0, 0.1) is 25.2 Å². The monoisotopic (exact) mass is 1050 g/mol. The number of hydrogen-bond acceptors (Lipinski definition) is 19. The summed E-state index contributed by atoms with van der Waals surface area (Å²) in [7, 11) is 4.98. The van der Waals surface area contributed by atoms with Gasteiger partial charge in [0.1, 0.15) is 24.0 Å². The minimum atomic E-state index is -1.49. The Balaban J connectivity index is 1.04. The van der Waals surface area contributed by atoms with E-state index in [1.807, 2.05) is 38.7 Å². The second kappa shape index (κ2) is 19.1. The van der Waals surface area contributed by atoms with E-state index in [2.05, 4.69) is 31.8 Å². The Morgan fingerprint density at radius 3 is 2.51 bits per heavy atom. The lowest BCUT2D eigenvalue weighted by Crippen LogP contribution is -2.69. The van der Waals surface area contributed by atoms with Crippen LogP contribution in [-0.2, 0) is 37.4 Å². The van der Waals surface area contributed by atoms with Crippen molar-refractivity contribution in [2.45, 2.75) is 137 Å². The zero-order chi connectivity index (χ0) is 52.1. The number of amides is 2. The summed E-state index contributed by atoms with van der Waals surface area (Å²) in [5.74, 6) is 1.78. The summed E-state index contributed by atoms with van der Waals surface area (Å²) in [6.45, 7) is 8.98. The van der Waals surface area contributed by atoms with E-state index in [0.717, 1.165) is 35.3 Å². The van der Waals surface area contributed by atoms with E-state index >= 15 is 4.79 Å². The Morgan fingerprint density at radius 1 is 0.959 bits per heavy atom. The number of ether oxygens (including phenoxy) is 8. The lowest BCUT2D eigenvalue weighted by molar-refractivity contribution is -0.157. The van der Waals surface area contributed by atoms with Crippen molar-refractivity contribution in [1.82, 2.24) is 25.8 Å². The van der Waals surface area contributed by atoms with Crippen molar-refractivity contribution in [1.29, 1.82) is 5.26 Å². The number of nitrogens with zero attached hydrogens (tertiary/aromatic N) is 3. The summed E-state index contributed by atoms with van der Waals surface area (Å²) < 4.78 is 48.8. The Morgan fingerprint density at radius 2 is 1.76 bits per heavy atom. The molecule has 1 spiro atoms. The number of likely N-dealkylation sites (N-methyl/N-ethyl adjacent to an activating group) is 1. The number of phenols is 1. The molecule has 3 aromatic rings. The average Bonchev–Trinajstić information content (AvgIpc) is 4.11. The highest BCUT2D eigenvalue weighted by molar-refractivity contribution is 8.00. The summed E-state index contributed by atoms with van der Waals surface area (Å²) in [4.78, 5) is 59.1. The number of carbonyl (C=O) groups excluding carboxylic acids is 4. The first-order chi connectivity index (χ1) is 35.5. The maximum atomic E-state index is 15.3. The number of aromatic hydroxyl groups is 1. The highest BCUT2D eigenvalue weighted by Gasteiger charge is 2.62. The molecule has 4 saturated heterocycles. The van der Waals surface area contributed by atoms with Crippen LogP contribution in [0.5, 0.6) is 40.2 Å². The number of fused-ring (bicyclic) bond motifs is 10. The molecule has 4 unspecified atom stereocenters. The maximum Gasteiger partial charge on any atom is 0.514 e. The molecular weight excluding hydrogens is 993 g/mol. The number of aryl methyl sites for hydroxylation is 1. The fraction of sp³-hybridized carbons (Fsp3) is 0.566. The summed E-state index contributed by atoms with van der Waals surface area (Å²) >= 11 is 3.29. The number of esters is 2. The van der Waals surface area contributed by atoms with Gasteiger partial charge in [0, 0.05) is 64.1 Å². The van der Waals surface area contributed by atoms with Crippen molar-refractivity contribution in [3.63, 3.8) is 0 Å². The van der Waals surface area contributed by atoms with Crippen LogP contribution in [0.3, 0.4) is 0 Å². The summed E-state index contributed by atoms with van der Waals surface area (Å²) in [6.07, 6.45) is 2.28. The van der Waals surface area contributed by atoms with Gasteiger partial charge in [-0.25, -0.2) is 14.4 Å². The predicted octanol–water partition coefficient (Wildman–Crippen LogP) is 6.30. The van der Waals surface area contributed by atoms with Gasteiger partial charge in [0.25, 0.3) is 0 Å². The molecular formula is C53H62N6O13S2. The van der Waals surface area contributed by atoms with Crippen LogP contribution in [0.1, 0.15) is 108 Å². The third kappa shape index (κ3) is 8.21. The van der Waals surface area contributed by atoms with Gasteiger partial charge >= 0.3 is 24.1 Å². The summed E-state index contributed by atoms with van der Waals surface area (Å²) in [6, 6.07) is 5.06. The number of carbonyl (C=O) groups is 4. The number of thioether (sulfide) groups is 2. The second-order valence-electron chi connectivity index (χ2n) is 21.4. The second-order valence-corrected chi connectivity index (χ2v) is 23.8. The maximum absolute atomic E-state index is 15.3. The van der Waals surface area contributed by atoms with Crippen LogP contribution in [0.15, 0.2) is 18.2 Å². The lowest BCUT2D eigenvalue weighted by Gasteiger charge is -2.62. The Kier molecular flexibility index (Phi) is 13.0. The van der Waals surface area contributed by atoms with Crippen LogP contribution >= 0.6 is 23.5 Å². The molecule has 9 heterocycles. The zero-order valence-electron chi connectivity index (χ0n) is 42.7. The van der Waals surface area contributed by atoms with E-state index in [-0.39, 0.29) is 72.2 Å². The van der Waals surface area contributed by atoms with Crippen molar-refractivity contribution < 1.29 is 62.2 Å². The Hall–Kier alpha value is -5.79. The number of rotatable bonds is 9. The first-order valence-corrected chi connectivity index (χ1v) is 27.4. The molecule has 0 aromatic heterocycles. The van der Waals surface area contributed by atoms with Crippen molar-refractivity contribution >= 4 is 47.6 Å². The molecule has 3 aromatic carbocycles. The van der Waals surface area contributed by atoms with Crippen LogP contribution in [-0.4, -0.2) is 133 Å². The van der Waals surface area contributed by atoms with Gasteiger partial charge < -0.3 is 53.6 Å². The minimum Gasteiger partial charge on any atom is -0.504 e. The normalized spacial score (nSPS) is 29.3. The molecule has 0 saturated carbocycles. The van der Waals surface area contributed by atoms with Crippen LogP contribution in [0.25, 0.3) is 0 Å². The first kappa shape index (κ1) is 50.4. The molecule has 12 rings (SSSR count). The van der Waals surface area contributed by atoms with Crippen molar-refractivity contribution in [3.8, 4) is 46.3 Å². The van der Waals surface area contributed by atoms with E-state index in [0.29, 0.717) is 76.6 Å². The zero-order valence-corrected chi connectivity index (χ0v) is 44.3. The summed E-state index contributed by atoms with van der Waals surface area (Å²) in [5, 5.41) is 33.0. The van der Waals surface area contributed by atoms with Gasteiger partial charge in [-0.1, -0.05) is 12.5 Å². The highest BCUT2D eigenvalue weighted by atomic mass is 32.2. The van der Waals surface area contributed by atoms with Crippen LogP contribution in [0.2, 0.25) is 0 Å². The number of unbranched alkanes of at least 4 members (excludes halogenated alkanes) is 1. The smallest absolute Gasteiger partial charge is 0.504 e. The van der Waals surface area contributed by atoms with Gasteiger partial charge in [0.2, 0.25) is 6.79 Å². The fourth-order valence-corrected chi connectivity index (χ4v) is 16.1. The number of hydrogen-bond donors (Lipinski definition) is 4. The number of phenolic OH excluding ortho intramolecular Hbond substituents is 1. The van der Waals surface area contributed by atoms with Crippen LogP contribution in [0.4, 0.5) is 9.59 Å². The molecule has 21 heteroatoms. The van der Waals surface area contributed by atoms with E-state index in [1.165, 1.54) is 26.0 Å². The predicted molar refractivity (Wildman–Crippen MR) is 271 cm³/mol. The van der Waals surface area contributed by atoms with Gasteiger partial charge in [-0.3, -0.25) is 19.9 Å². The largest absolute Gasteiger partial charge is 0.514 e. The average molecular weight is 1060 g/mol. The number of benzene rings is 3. The molecule has 74 heavy (non-hydrogen) atoms. The fourth-order valence-electron chi connectivity index (χ4n) is 12.9. The molecule has 10 atom stereocenters. The van der Waals surface area contributed by atoms with Crippen molar-refractivity contribution in [2.24, 2.45) is 0 Å². The van der Waals surface area contributed by atoms with Gasteiger partial charge in [0.05, 0.1) is 49.7 Å². The number of methoxy groups -OCH3 is 2. The van der Waals surface area contributed by atoms with Crippen LogP contribution < -0.4 is 44.4 Å². The quantitative estimate of drug-likeness (QED) is 0.0606. The standard InChI is InChI=1S/C53H62N6O13S2/c1-24-15-27-16-30-31(19-54)59-32-20-67-49(62)53(28-18-33(65-7)34(17-26(28)13-14-55-53)70-51(64)72-52(3,4)5)22-74-48(42(59)41(58(30)6)37(27)43(61)44(24)66-8)39-38(32)47-46(68-23-69-47)25(2)45(39)71-36(60)12-10-9-11-35-40-29(21-73-35)56-50(63)57-40/h15,17-18,29-32,35,40-42,48,55,61H,9-14,16,20-23H2,1-8H3,(H2,56,57,63)/t29?,30-,31+,32-,35?,40?,41-,42?,48-,53-/m1/s1. The Labute approximate surface area is 437 Å². The molecule has 9 aliphatic rings. The lowest BCUT2D eigenvalue weighted by atomic mass is 9.71. The minimum absolute atomic E-state index is 0.0141. The topological polar surface area (TPSA) is 229 Å². The third-order valence-corrected chi connectivity index (χ3v) is 19.0. The van der Waals surface area contributed by atoms with Crippen molar-refractivity contribution in [2.75, 3.05) is 52.7 Å². The third-order valence-electron chi connectivity index (χ3n) is 16.0. The first-order valence-electron chi connectivity index (χ1n) is 25.3. The molecule has 2 amide bonds. The molecule has 0 aliphatic carbocycles. The van der Waals surface area contributed by atoms with E-state index in [9.17, 15) is 24.8 Å². The van der Waals surface area contributed by atoms with Gasteiger partial charge in [-0.15, -0.1) is 11.8 Å². The van der Waals surface area contributed by atoms with Gasteiger partial charge in [-0.2, -0.15) is 17.0 Å². The van der Waals surface area contributed by atoms with E-state index < -0.39 is 58.7 Å². The molecule has 4 fully saturated rings. The van der Waals surface area contributed by atoms with Gasteiger partial charge in [0.15, 0.2) is 40.0 Å². The molecule has 4 bridgehead atoms. The SMILES string of the molecule is COc1cc2c(cc1OC(=O)OC(C)(C)C)CCN[C@]21CS[C@@H]2c3c(OC(=O)CCCCC4SCC5NC(=O)NC54)c(C)c4c(c3[C@@H](COC1=O)N1C2[C@H]2c3c(cc(C)c(OC)c3O)C[C@H]([C@@H]1C#N)N2C)OCO4. The number of piperazine rings is 1. The molecule has 19 nitrogen and oxygen atoms in total. The number of nitriles is 1. The van der Waals surface area contributed by atoms with Gasteiger partial charge in [-0.05, 0) is 102 Å². The van der Waals surface area contributed by atoms with Crippen molar-refractivity contribution in [3.05, 3.63) is 62.7 Å². The molecule has 9 aliphatic heterocycles. The van der Waals surface area contributed by atoms with E-state index in [1.54, 1.807) is 32.9 Å².